The zero-order valence-corrected chi connectivity index (χ0v) is 16.5. The highest BCUT2D eigenvalue weighted by Gasteiger charge is 2.33. The average molecular weight is 426 g/mol. The number of aliphatic imine (C=N–C) groups is 1. The zero-order chi connectivity index (χ0) is 15.5. The van der Waals surface area contributed by atoms with E-state index in [1.54, 1.807) is 0 Å². The maximum atomic E-state index is 4.73. The van der Waals surface area contributed by atoms with Crippen molar-refractivity contribution in [2.45, 2.75) is 39.7 Å². The molecule has 4 nitrogen and oxygen atoms in total. The Balaban J connectivity index is 0.00000192. The molecule has 1 aliphatic rings. The van der Waals surface area contributed by atoms with Gasteiger partial charge in [0.1, 0.15) is 0 Å². The lowest BCUT2D eigenvalue weighted by Crippen LogP contribution is -2.39. The average Bonchev–Trinajstić information content (AvgIpc) is 3.09. The van der Waals surface area contributed by atoms with Crippen molar-refractivity contribution < 1.29 is 0 Å². The summed E-state index contributed by atoms with van der Waals surface area (Å²) in [7, 11) is 0. The van der Waals surface area contributed by atoms with E-state index in [4.69, 9.17) is 4.99 Å². The van der Waals surface area contributed by atoms with Gasteiger partial charge >= 0.3 is 0 Å². The van der Waals surface area contributed by atoms with E-state index < -0.39 is 0 Å². The molecule has 1 aromatic heterocycles. The Morgan fingerprint density at radius 3 is 2.78 bits per heavy atom. The summed E-state index contributed by atoms with van der Waals surface area (Å²) in [5.41, 5.74) is 3.86. The molecular weight excluding hydrogens is 399 g/mol. The van der Waals surface area contributed by atoms with Crippen LogP contribution in [0, 0.1) is 12.8 Å². The summed E-state index contributed by atoms with van der Waals surface area (Å²) in [5.74, 6) is 1.73. The van der Waals surface area contributed by atoms with Crippen molar-refractivity contribution >= 4 is 40.8 Å². The van der Waals surface area contributed by atoms with Gasteiger partial charge in [0.05, 0.1) is 0 Å². The van der Waals surface area contributed by atoms with Gasteiger partial charge in [-0.2, -0.15) is 0 Å². The SMILES string of the molecule is CCNC(=NCCc1c(C)[nH]c2ccccc12)NC1CC1C.I. The highest BCUT2D eigenvalue weighted by molar-refractivity contribution is 14.0. The van der Waals surface area contributed by atoms with E-state index in [2.05, 4.69) is 60.7 Å². The molecule has 0 saturated heterocycles. The second kappa shape index (κ2) is 8.04. The molecule has 3 rings (SSSR count). The normalized spacial score (nSPS) is 20.2. The van der Waals surface area contributed by atoms with Gasteiger partial charge in [0.25, 0.3) is 0 Å². The fourth-order valence-corrected chi connectivity index (χ4v) is 2.96. The number of para-hydroxylation sites is 1. The molecule has 1 saturated carbocycles. The Morgan fingerprint density at radius 1 is 1.35 bits per heavy atom. The fraction of sp³-hybridized carbons (Fsp3) is 0.500. The smallest absolute Gasteiger partial charge is 0.191 e. The summed E-state index contributed by atoms with van der Waals surface area (Å²) in [5, 5.41) is 8.17. The maximum absolute atomic E-state index is 4.73. The lowest BCUT2D eigenvalue weighted by atomic mass is 10.1. The molecule has 2 unspecified atom stereocenters. The van der Waals surface area contributed by atoms with Crippen molar-refractivity contribution in [3.8, 4) is 0 Å². The third-order valence-electron chi connectivity index (χ3n) is 4.43. The third kappa shape index (κ3) is 4.40. The van der Waals surface area contributed by atoms with E-state index in [9.17, 15) is 0 Å². The van der Waals surface area contributed by atoms with E-state index >= 15 is 0 Å². The number of hydrogen-bond donors (Lipinski definition) is 3. The van der Waals surface area contributed by atoms with Gasteiger partial charge in [0.15, 0.2) is 5.96 Å². The Morgan fingerprint density at radius 2 is 2.09 bits per heavy atom. The zero-order valence-electron chi connectivity index (χ0n) is 14.1. The molecule has 126 valence electrons. The van der Waals surface area contributed by atoms with Crippen molar-refractivity contribution in [3.63, 3.8) is 0 Å². The van der Waals surface area contributed by atoms with Gasteiger partial charge in [-0.1, -0.05) is 25.1 Å². The monoisotopic (exact) mass is 426 g/mol. The van der Waals surface area contributed by atoms with E-state index in [1.807, 2.05) is 0 Å². The van der Waals surface area contributed by atoms with Crippen LogP contribution in [0.3, 0.4) is 0 Å². The quantitative estimate of drug-likeness (QED) is 0.389. The third-order valence-corrected chi connectivity index (χ3v) is 4.43. The van der Waals surface area contributed by atoms with Gasteiger partial charge in [-0.05, 0) is 44.2 Å². The highest BCUT2D eigenvalue weighted by atomic mass is 127. The Labute approximate surface area is 155 Å². The van der Waals surface area contributed by atoms with Crippen LogP contribution in [-0.2, 0) is 6.42 Å². The van der Waals surface area contributed by atoms with Crippen LogP contribution in [-0.4, -0.2) is 30.1 Å². The summed E-state index contributed by atoms with van der Waals surface area (Å²) < 4.78 is 0. The van der Waals surface area contributed by atoms with Gasteiger partial charge in [-0.3, -0.25) is 4.99 Å². The second-order valence-electron chi connectivity index (χ2n) is 6.25. The van der Waals surface area contributed by atoms with Crippen LogP contribution in [0.25, 0.3) is 10.9 Å². The molecular formula is C18H27IN4. The lowest BCUT2D eigenvalue weighted by molar-refractivity contribution is 0.765. The maximum Gasteiger partial charge on any atom is 0.191 e. The first-order valence-electron chi connectivity index (χ1n) is 8.30. The number of hydrogen-bond acceptors (Lipinski definition) is 1. The van der Waals surface area contributed by atoms with E-state index in [0.29, 0.717) is 6.04 Å². The standard InChI is InChI=1S/C18H26N4.HI/c1-4-19-18(22-17-11-12(17)2)20-10-9-14-13(3)21-16-8-6-5-7-15(14)16;/h5-8,12,17,21H,4,9-11H2,1-3H3,(H2,19,20,22);1H. The predicted octanol–water partition coefficient (Wildman–Crippen LogP) is 3.60. The number of nitrogens with one attached hydrogen (secondary N) is 3. The summed E-state index contributed by atoms with van der Waals surface area (Å²) >= 11 is 0. The number of H-pyrrole nitrogens is 1. The minimum Gasteiger partial charge on any atom is -0.358 e. The van der Waals surface area contributed by atoms with Crippen LogP contribution in [0.15, 0.2) is 29.3 Å². The molecule has 3 N–H and O–H groups in total. The van der Waals surface area contributed by atoms with E-state index in [1.165, 1.54) is 28.6 Å². The number of benzene rings is 1. The number of nitrogens with zero attached hydrogens (tertiary/aromatic N) is 1. The largest absolute Gasteiger partial charge is 0.358 e. The van der Waals surface area contributed by atoms with Gasteiger partial charge in [-0.15, -0.1) is 24.0 Å². The summed E-state index contributed by atoms with van der Waals surface area (Å²) in [6.07, 6.45) is 2.22. The molecule has 5 heteroatoms. The number of fused-ring (bicyclic) bond motifs is 1. The summed E-state index contributed by atoms with van der Waals surface area (Å²) in [4.78, 5) is 8.19. The van der Waals surface area contributed by atoms with Crippen LogP contribution in [0.1, 0.15) is 31.5 Å². The molecule has 0 radical (unpaired) electrons. The van der Waals surface area contributed by atoms with E-state index in [0.717, 1.165) is 31.4 Å². The molecule has 0 aliphatic heterocycles. The van der Waals surface area contributed by atoms with Gasteiger partial charge in [0, 0.05) is 35.7 Å². The topological polar surface area (TPSA) is 52.2 Å². The molecule has 1 fully saturated rings. The fourth-order valence-electron chi connectivity index (χ4n) is 2.96. The number of halogens is 1. The summed E-state index contributed by atoms with van der Waals surface area (Å²) in [6.45, 7) is 8.24. The minimum atomic E-state index is 0. The van der Waals surface area contributed by atoms with Crippen LogP contribution in [0.2, 0.25) is 0 Å². The molecule has 0 amide bonds. The second-order valence-corrected chi connectivity index (χ2v) is 6.25. The number of aromatic nitrogens is 1. The number of rotatable bonds is 5. The first kappa shape index (κ1) is 18.1. The van der Waals surface area contributed by atoms with Crippen molar-refractivity contribution in [2.75, 3.05) is 13.1 Å². The Kier molecular flexibility index (Phi) is 6.33. The van der Waals surface area contributed by atoms with Gasteiger partial charge < -0.3 is 15.6 Å². The van der Waals surface area contributed by atoms with Crippen LogP contribution in [0.4, 0.5) is 0 Å². The van der Waals surface area contributed by atoms with Crippen molar-refractivity contribution in [1.29, 1.82) is 0 Å². The van der Waals surface area contributed by atoms with Crippen LogP contribution in [0.5, 0.6) is 0 Å². The van der Waals surface area contributed by atoms with Crippen LogP contribution < -0.4 is 10.6 Å². The molecule has 1 aromatic carbocycles. The highest BCUT2D eigenvalue weighted by Crippen LogP contribution is 2.28. The number of aromatic amines is 1. The molecule has 1 aliphatic carbocycles. The molecule has 23 heavy (non-hydrogen) atoms. The number of aryl methyl sites for hydroxylation is 1. The molecule has 0 spiro atoms. The first-order valence-corrected chi connectivity index (χ1v) is 8.30. The van der Waals surface area contributed by atoms with Crippen LogP contribution >= 0.6 is 24.0 Å². The van der Waals surface area contributed by atoms with Crippen molar-refractivity contribution in [1.82, 2.24) is 15.6 Å². The van der Waals surface area contributed by atoms with E-state index in [-0.39, 0.29) is 24.0 Å². The van der Waals surface area contributed by atoms with Gasteiger partial charge in [0.2, 0.25) is 0 Å². The molecule has 2 aromatic rings. The first-order chi connectivity index (χ1) is 10.7. The Bertz CT molecular complexity index is 677. The summed E-state index contributed by atoms with van der Waals surface area (Å²) in [6, 6.07) is 9.10. The number of guanidine groups is 1. The lowest BCUT2D eigenvalue weighted by Gasteiger charge is -2.10. The van der Waals surface area contributed by atoms with Crippen molar-refractivity contribution in [2.24, 2.45) is 10.9 Å². The Hall–Kier alpha value is -1.24. The predicted molar refractivity (Wildman–Crippen MR) is 109 cm³/mol. The minimum absolute atomic E-state index is 0. The molecule has 0 bridgehead atoms. The molecule has 2 atom stereocenters. The van der Waals surface area contributed by atoms with Gasteiger partial charge in [-0.25, -0.2) is 0 Å². The molecule has 1 heterocycles. The van der Waals surface area contributed by atoms with Crippen molar-refractivity contribution in [3.05, 3.63) is 35.5 Å².